The molecule has 1 aliphatic rings. The lowest BCUT2D eigenvalue weighted by molar-refractivity contribution is -0.122. The minimum absolute atomic E-state index is 0.0820. The van der Waals surface area contributed by atoms with Crippen LogP contribution in [0.5, 0.6) is 0 Å². The molecule has 2 aromatic rings. The van der Waals surface area contributed by atoms with Crippen molar-refractivity contribution in [3.63, 3.8) is 0 Å². The summed E-state index contributed by atoms with van der Waals surface area (Å²) >= 11 is 1.77. The number of amides is 1. The average molecular weight is 373 g/mol. The summed E-state index contributed by atoms with van der Waals surface area (Å²) in [5, 5.41) is 13.6. The zero-order valence-electron chi connectivity index (χ0n) is 15.4. The van der Waals surface area contributed by atoms with Gasteiger partial charge in [0.05, 0.1) is 19.2 Å². The number of aryl methyl sites for hydroxylation is 1. The van der Waals surface area contributed by atoms with Gasteiger partial charge >= 0.3 is 0 Å². The van der Waals surface area contributed by atoms with Gasteiger partial charge in [0, 0.05) is 9.75 Å². The van der Waals surface area contributed by atoms with E-state index in [9.17, 15) is 9.90 Å². The number of aliphatic hydroxyl groups is 1. The molecule has 2 heterocycles. The van der Waals surface area contributed by atoms with Crippen LogP contribution in [0.3, 0.4) is 0 Å². The summed E-state index contributed by atoms with van der Waals surface area (Å²) in [5.41, 5.74) is 0.992. The van der Waals surface area contributed by atoms with E-state index in [0.29, 0.717) is 13.1 Å². The molecule has 3 rings (SSSR count). The maximum atomic E-state index is 12.2. The first-order valence-electron chi connectivity index (χ1n) is 9.45. The number of nitrogens with one attached hydrogen (secondary N) is 1. The molecule has 26 heavy (non-hydrogen) atoms. The number of likely N-dealkylation sites (tertiary alicyclic amines) is 1. The standard InChI is InChI=1S/C21H28N2O2S/c1-2-18-8-9-19(26-18)14-22-20(24)15-23-12-10-17(11-13-23)21(25)16-6-4-3-5-7-16/h3-9,17,21,25H,2,10-15H2,1H3,(H,22,24). The molecule has 2 N–H and O–H groups in total. The average Bonchev–Trinajstić information content (AvgIpc) is 3.15. The van der Waals surface area contributed by atoms with E-state index >= 15 is 0 Å². The Hall–Kier alpha value is -1.69. The van der Waals surface area contributed by atoms with Gasteiger partial charge < -0.3 is 10.4 Å². The van der Waals surface area contributed by atoms with Crippen molar-refractivity contribution in [3.8, 4) is 0 Å². The highest BCUT2D eigenvalue weighted by atomic mass is 32.1. The molecule has 1 saturated heterocycles. The number of rotatable bonds is 7. The van der Waals surface area contributed by atoms with Gasteiger partial charge in [-0.25, -0.2) is 0 Å². The van der Waals surface area contributed by atoms with E-state index in [-0.39, 0.29) is 11.8 Å². The fourth-order valence-corrected chi connectivity index (χ4v) is 4.40. The number of carbonyl (C=O) groups is 1. The molecule has 0 radical (unpaired) electrons. The Bertz CT molecular complexity index is 693. The first-order valence-corrected chi connectivity index (χ1v) is 10.3. The van der Waals surface area contributed by atoms with Gasteiger partial charge in [-0.05, 0) is 56.0 Å². The van der Waals surface area contributed by atoms with E-state index < -0.39 is 6.10 Å². The van der Waals surface area contributed by atoms with E-state index in [1.807, 2.05) is 30.3 Å². The number of benzene rings is 1. The van der Waals surface area contributed by atoms with E-state index in [2.05, 4.69) is 29.3 Å². The summed E-state index contributed by atoms with van der Waals surface area (Å²) in [6, 6.07) is 14.1. The molecule has 0 bridgehead atoms. The third-order valence-corrected chi connectivity index (χ3v) is 6.34. The Morgan fingerprint density at radius 1 is 1.19 bits per heavy atom. The van der Waals surface area contributed by atoms with Crippen LogP contribution in [0.25, 0.3) is 0 Å². The first-order chi connectivity index (χ1) is 12.7. The molecule has 0 aliphatic carbocycles. The Morgan fingerprint density at radius 2 is 1.88 bits per heavy atom. The first kappa shape index (κ1) is 19.1. The molecule has 4 nitrogen and oxygen atoms in total. The lowest BCUT2D eigenvalue weighted by Crippen LogP contribution is -2.42. The van der Waals surface area contributed by atoms with Crippen LogP contribution in [0.2, 0.25) is 0 Å². The van der Waals surface area contributed by atoms with Crippen LogP contribution in [-0.4, -0.2) is 35.5 Å². The zero-order chi connectivity index (χ0) is 18.4. The highest BCUT2D eigenvalue weighted by Crippen LogP contribution is 2.30. The van der Waals surface area contributed by atoms with Crippen molar-refractivity contribution in [2.45, 2.75) is 38.8 Å². The van der Waals surface area contributed by atoms with Gasteiger partial charge in [0.1, 0.15) is 0 Å². The Balaban J connectivity index is 1.40. The van der Waals surface area contributed by atoms with Crippen LogP contribution >= 0.6 is 11.3 Å². The lowest BCUT2D eigenvalue weighted by Gasteiger charge is -2.34. The minimum atomic E-state index is -0.404. The number of hydrogen-bond donors (Lipinski definition) is 2. The summed E-state index contributed by atoms with van der Waals surface area (Å²) in [5.74, 6) is 0.355. The second-order valence-corrected chi connectivity index (χ2v) is 8.22. The van der Waals surface area contributed by atoms with Crippen molar-refractivity contribution in [3.05, 3.63) is 57.8 Å². The van der Waals surface area contributed by atoms with Gasteiger partial charge in [-0.3, -0.25) is 9.69 Å². The molecular formula is C21H28N2O2S. The molecule has 5 heteroatoms. The molecule has 1 atom stereocenters. The summed E-state index contributed by atoms with van der Waals surface area (Å²) in [4.78, 5) is 17.0. The van der Waals surface area contributed by atoms with Gasteiger partial charge in [0.15, 0.2) is 0 Å². The van der Waals surface area contributed by atoms with E-state index in [4.69, 9.17) is 0 Å². The van der Waals surface area contributed by atoms with Crippen molar-refractivity contribution in [1.29, 1.82) is 0 Å². The highest BCUT2D eigenvalue weighted by Gasteiger charge is 2.26. The van der Waals surface area contributed by atoms with Crippen molar-refractivity contribution < 1.29 is 9.90 Å². The summed E-state index contributed by atoms with van der Waals surface area (Å²) in [6.45, 7) is 4.93. The van der Waals surface area contributed by atoms with Crippen LogP contribution in [0.1, 0.15) is 41.2 Å². The second kappa shape index (κ2) is 9.31. The molecular weight excluding hydrogens is 344 g/mol. The number of piperidine rings is 1. The Labute approximate surface area is 159 Å². The Kier molecular flexibility index (Phi) is 6.83. The van der Waals surface area contributed by atoms with Gasteiger partial charge in [-0.15, -0.1) is 11.3 Å². The molecule has 0 saturated carbocycles. The largest absolute Gasteiger partial charge is 0.388 e. The van der Waals surface area contributed by atoms with Crippen LogP contribution in [0.4, 0.5) is 0 Å². The van der Waals surface area contributed by atoms with Gasteiger partial charge in [-0.1, -0.05) is 37.3 Å². The molecule has 1 amide bonds. The molecule has 1 aromatic heterocycles. The maximum absolute atomic E-state index is 12.2. The smallest absolute Gasteiger partial charge is 0.234 e. The van der Waals surface area contributed by atoms with E-state index in [1.54, 1.807) is 11.3 Å². The molecule has 1 aromatic carbocycles. The van der Waals surface area contributed by atoms with Crippen LogP contribution < -0.4 is 5.32 Å². The topological polar surface area (TPSA) is 52.6 Å². The third-order valence-electron chi connectivity index (χ3n) is 5.11. The summed E-state index contributed by atoms with van der Waals surface area (Å²) in [6.07, 6.45) is 2.49. The zero-order valence-corrected chi connectivity index (χ0v) is 16.2. The fraction of sp³-hybridized carbons (Fsp3) is 0.476. The molecule has 140 valence electrons. The van der Waals surface area contributed by atoms with Gasteiger partial charge in [0.25, 0.3) is 0 Å². The predicted octanol–water partition coefficient (Wildman–Crippen LogP) is 3.37. The summed E-state index contributed by atoms with van der Waals surface area (Å²) < 4.78 is 0. The lowest BCUT2D eigenvalue weighted by atomic mass is 9.87. The van der Waals surface area contributed by atoms with Crippen molar-refractivity contribution in [1.82, 2.24) is 10.2 Å². The third kappa shape index (κ3) is 5.16. The van der Waals surface area contributed by atoms with Crippen molar-refractivity contribution in [2.24, 2.45) is 5.92 Å². The summed E-state index contributed by atoms with van der Waals surface area (Å²) in [7, 11) is 0. The monoisotopic (exact) mass is 372 g/mol. The molecule has 1 fully saturated rings. The number of aliphatic hydroxyl groups excluding tert-OH is 1. The predicted molar refractivity (Wildman–Crippen MR) is 106 cm³/mol. The molecule has 1 unspecified atom stereocenters. The fourth-order valence-electron chi connectivity index (χ4n) is 3.50. The van der Waals surface area contributed by atoms with Crippen LogP contribution in [-0.2, 0) is 17.8 Å². The SMILES string of the molecule is CCc1ccc(CNC(=O)CN2CCC(C(O)c3ccccc3)CC2)s1. The number of nitrogens with zero attached hydrogens (tertiary/aromatic N) is 1. The second-order valence-electron chi connectivity index (χ2n) is 6.97. The minimum Gasteiger partial charge on any atom is -0.388 e. The van der Waals surface area contributed by atoms with Crippen molar-refractivity contribution >= 4 is 17.2 Å². The molecule has 1 aliphatic heterocycles. The maximum Gasteiger partial charge on any atom is 0.234 e. The van der Waals surface area contributed by atoms with E-state index in [0.717, 1.165) is 37.9 Å². The quantitative estimate of drug-likeness (QED) is 0.783. The number of carbonyl (C=O) groups excluding carboxylic acids is 1. The van der Waals surface area contributed by atoms with Crippen LogP contribution in [0, 0.1) is 5.92 Å². The van der Waals surface area contributed by atoms with E-state index in [1.165, 1.54) is 9.75 Å². The Morgan fingerprint density at radius 3 is 2.54 bits per heavy atom. The van der Waals surface area contributed by atoms with Gasteiger partial charge in [0.2, 0.25) is 5.91 Å². The highest BCUT2D eigenvalue weighted by molar-refractivity contribution is 7.11. The number of thiophene rings is 1. The van der Waals surface area contributed by atoms with Crippen molar-refractivity contribution in [2.75, 3.05) is 19.6 Å². The normalized spacial score (nSPS) is 17.2. The molecule has 0 spiro atoms. The number of hydrogen-bond acceptors (Lipinski definition) is 4. The van der Waals surface area contributed by atoms with Crippen LogP contribution in [0.15, 0.2) is 42.5 Å². The van der Waals surface area contributed by atoms with Gasteiger partial charge in [-0.2, -0.15) is 0 Å².